The van der Waals surface area contributed by atoms with Crippen LogP contribution in [0.3, 0.4) is 0 Å². The minimum atomic E-state index is -0.498. The van der Waals surface area contributed by atoms with Gasteiger partial charge in [-0.3, -0.25) is 14.5 Å². The van der Waals surface area contributed by atoms with Crippen molar-refractivity contribution in [3.05, 3.63) is 64.7 Å². The van der Waals surface area contributed by atoms with Gasteiger partial charge in [0.1, 0.15) is 12.4 Å². The Morgan fingerprint density at radius 3 is 2.22 bits per heavy atom. The first-order chi connectivity index (χ1) is 13.0. The molecular weight excluding hydrogens is 366 g/mol. The molecule has 0 radical (unpaired) electrons. The predicted molar refractivity (Wildman–Crippen MR) is 104 cm³/mol. The zero-order chi connectivity index (χ0) is 19.2. The van der Waals surface area contributed by atoms with Crippen LogP contribution in [0.5, 0.6) is 5.75 Å². The van der Waals surface area contributed by atoms with Gasteiger partial charge in [-0.2, -0.15) is 0 Å². The number of ether oxygens (including phenoxy) is 1. The van der Waals surface area contributed by atoms with Gasteiger partial charge in [-0.15, -0.1) is 0 Å². The van der Waals surface area contributed by atoms with Crippen LogP contribution in [-0.4, -0.2) is 60.9 Å². The summed E-state index contributed by atoms with van der Waals surface area (Å²) in [6.45, 7) is 4.21. The Balaban J connectivity index is 1.45. The minimum Gasteiger partial charge on any atom is -0.491 e. The normalized spacial score (nSPS) is 14.8. The van der Waals surface area contributed by atoms with Crippen LogP contribution in [0.25, 0.3) is 0 Å². The second-order valence-electron chi connectivity index (χ2n) is 6.35. The van der Waals surface area contributed by atoms with E-state index in [-0.39, 0.29) is 5.91 Å². The number of benzene rings is 2. The molecule has 6 nitrogen and oxygen atoms in total. The monoisotopic (exact) mass is 387 g/mol. The van der Waals surface area contributed by atoms with Gasteiger partial charge < -0.3 is 15.4 Å². The molecular formula is C20H22ClN3O3. The summed E-state index contributed by atoms with van der Waals surface area (Å²) in [7, 11) is 0. The third-order valence-corrected chi connectivity index (χ3v) is 4.89. The van der Waals surface area contributed by atoms with Crippen molar-refractivity contribution in [3.63, 3.8) is 0 Å². The second kappa shape index (κ2) is 8.88. The highest BCUT2D eigenvalue weighted by atomic mass is 35.5. The van der Waals surface area contributed by atoms with Crippen molar-refractivity contribution in [2.24, 2.45) is 5.73 Å². The van der Waals surface area contributed by atoms with E-state index in [9.17, 15) is 9.59 Å². The molecule has 1 aliphatic heterocycles. The molecule has 2 aromatic carbocycles. The number of hydrogen-bond acceptors (Lipinski definition) is 4. The maximum Gasteiger partial charge on any atom is 0.253 e. The third-order valence-electron chi connectivity index (χ3n) is 4.58. The summed E-state index contributed by atoms with van der Waals surface area (Å²) < 4.78 is 5.72. The lowest BCUT2D eigenvalue weighted by molar-refractivity contribution is 0.0620. The van der Waals surface area contributed by atoms with E-state index in [1.807, 2.05) is 23.1 Å². The van der Waals surface area contributed by atoms with Crippen LogP contribution in [0.15, 0.2) is 48.5 Å². The van der Waals surface area contributed by atoms with E-state index in [4.69, 9.17) is 22.1 Å². The van der Waals surface area contributed by atoms with Gasteiger partial charge in [0.25, 0.3) is 5.91 Å². The SMILES string of the molecule is NC(=O)c1ccc(C(=O)N2CCN(CCOc3ccccc3Cl)CC2)cc1. The molecule has 142 valence electrons. The van der Waals surface area contributed by atoms with Crippen molar-refractivity contribution < 1.29 is 14.3 Å². The molecule has 0 atom stereocenters. The minimum absolute atomic E-state index is 0.0296. The Bertz CT molecular complexity index is 802. The van der Waals surface area contributed by atoms with E-state index in [1.165, 1.54) is 0 Å². The quantitative estimate of drug-likeness (QED) is 0.825. The summed E-state index contributed by atoms with van der Waals surface area (Å²) in [6.07, 6.45) is 0. The Kier molecular flexibility index (Phi) is 6.32. The molecule has 0 spiro atoms. The summed E-state index contributed by atoms with van der Waals surface area (Å²) >= 11 is 6.08. The lowest BCUT2D eigenvalue weighted by Gasteiger charge is -2.34. The van der Waals surface area contributed by atoms with Gasteiger partial charge in [-0.1, -0.05) is 23.7 Å². The summed E-state index contributed by atoms with van der Waals surface area (Å²) in [5.41, 5.74) is 6.19. The van der Waals surface area contributed by atoms with Crippen molar-refractivity contribution in [1.82, 2.24) is 9.80 Å². The molecule has 1 aliphatic rings. The van der Waals surface area contributed by atoms with Crippen molar-refractivity contribution in [1.29, 1.82) is 0 Å². The molecule has 27 heavy (non-hydrogen) atoms. The third kappa shape index (κ3) is 4.99. The highest BCUT2D eigenvalue weighted by Gasteiger charge is 2.22. The van der Waals surface area contributed by atoms with Crippen molar-refractivity contribution in [2.45, 2.75) is 0 Å². The van der Waals surface area contributed by atoms with Crippen LogP contribution < -0.4 is 10.5 Å². The topological polar surface area (TPSA) is 75.9 Å². The van der Waals surface area contributed by atoms with Crippen molar-refractivity contribution >= 4 is 23.4 Å². The molecule has 0 aliphatic carbocycles. The number of rotatable bonds is 6. The fourth-order valence-corrected chi connectivity index (χ4v) is 3.17. The molecule has 7 heteroatoms. The molecule has 0 aromatic heterocycles. The van der Waals surface area contributed by atoms with Gasteiger partial charge >= 0.3 is 0 Å². The van der Waals surface area contributed by atoms with Gasteiger partial charge in [0.05, 0.1) is 5.02 Å². The molecule has 2 N–H and O–H groups in total. The van der Waals surface area contributed by atoms with Crippen LogP contribution in [0, 0.1) is 0 Å². The van der Waals surface area contributed by atoms with E-state index in [0.29, 0.717) is 41.6 Å². The summed E-state index contributed by atoms with van der Waals surface area (Å²) in [5.74, 6) is 0.159. The number of amides is 2. The fraction of sp³-hybridized carbons (Fsp3) is 0.300. The summed E-state index contributed by atoms with van der Waals surface area (Å²) in [6, 6.07) is 13.9. The number of piperazine rings is 1. The van der Waals surface area contributed by atoms with E-state index in [1.54, 1.807) is 30.3 Å². The molecule has 0 unspecified atom stereocenters. The van der Waals surface area contributed by atoms with E-state index in [0.717, 1.165) is 19.6 Å². The molecule has 1 heterocycles. The largest absolute Gasteiger partial charge is 0.491 e. The second-order valence-corrected chi connectivity index (χ2v) is 6.76. The number of primary amides is 1. The molecule has 1 saturated heterocycles. The number of nitrogens with two attached hydrogens (primary N) is 1. The summed E-state index contributed by atoms with van der Waals surface area (Å²) in [5, 5.41) is 0.607. The first-order valence-electron chi connectivity index (χ1n) is 8.83. The average molecular weight is 388 g/mol. The van der Waals surface area contributed by atoms with Crippen molar-refractivity contribution in [2.75, 3.05) is 39.3 Å². The summed E-state index contributed by atoms with van der Waals surface area (Å²) in [4.78, 5) is 27.8. The number of carbonyl (C=O) groups is 2. The smallest absolute Gasteiger partial charge is 0.253 e. The Hall–Kier alpha value is -2.57. The van der Waals surface area contributed by atoms with Gasteiger partial charge in [0, 0.05) is 43.9 Å². The van der Waals surface area contributed by atoms with Crippen molar-refractivity contribution in [3.8, 4) is 5.75 Å². The van der Waals surface area contributed by atoms with Gasteiger partial charge in [-0.25, -0.2) is 0 Å². The highest BCUT2D eigenvalue weighted by molar-refractivity contribution is 6.32. The average Bonchev–Trinajstić information content (AvgIpc) is 2.69. The molecule has 0 bridgehead atoms. The number of carbonyl (C=O) groups excluding carboxylic acids is 2. The van der Waals surface area contributed by atoms with Gasteiger partial charge in [0.15, 0.2) is 0 Å². The Labute approximate surface area is 163 Å². The van der Waals surface area contributed by atoms with E-state index in [2.05, 4.69) is 4.90 Å². The lowest BCUT2D eigenvalue weighted by atomic mass is 10.1. The molecule has 1 fully saturated rings. The van der Waals surface area contributed by atoms with Crippen LogP contribution >= 0.6 is 11.6 Å². The number of halogens is 1. The number of para-hydroxylation sites is 1. The van der Waals surface area contributed by atoms with Crippen LogP contribution in [-0.2, 0) is 0 Å². The van der Waals surface area contributed by atoms with Crippen LogP contribution in [0.1, 0.15) is 20.7 Å². The molecule has 2 aromatic rings. The Morgan fingerprint density at radius 1 is 0.963 bits per heavy atom. The predicted octanol–water partition coefficient (Wildman–Crippen LogP) is 2.28. The fourth-order valence-electron chi connectivity index (χ4n) is 2.98. The molecule has 0 saturated carbocycles. The zero-order valence-electron chi connectivity index (χ0n) is 14.9. The number of nitrogens with zero attached hydrogens (tertiary/aromatic N) is 2. The maximum absolute atomic E-state index is 12.6. The zero-order valence-corrected chi connectivity index (χ0v) is 15.7. The highest BCUT2D eigenvalue weighted by Crippen LogP contribution is 2.23. The Morgan fingerprint density at radius 2 is 1.59 bits per heavy atom. The van der Waals surface area contributed by atoms with Crippen LogP contribution in [0.2, 0.25) is 5.02 Å². The first-order valence-corrected chi connectivity index (χ1v) is 9.21. The van der Waals surface area contributed by atoms with E-state index >= 15 is 0 Å². The van der Waals surface area contributed by atoms with Gasteiger partial charge in [0.2, 0.25) is 5.91 Å². The maximum atomic E-state index is 12.6. The van der Waals surface area contributed by atoms with Crippen LogP contribution in [0.4, 0.5) is 0 Å². The molecule has 3 rings (SSSR count). The first kappa shape index (κ1) is 19.2. The standard InChI is InChI=1S/C20H22ClN3O3/c21-17-3-1-2-4-18(17)27-14-13-23-9-11-24(12-10-23)20(26)16-7-5-15(6-8-16)19(22)25/h1-8H,9-14H2,(H2,22,25). The lowest BCUT2D eigenvalue weighted by Crippen LogP contribution is -2.49. The van der Waals surface area contributed by atoms with E-state index < -0.39 is 5.91 Å². The number of hydrogen-bond donors (Lipinski definition) is 1. The van der Waals surface area contributed by atoms with Gasteiger partial charge in [-0.05, 0) is 36.4 Å². The molecule has 2 amide bonds.